The van der Waals surface area contributed by atoms with E-state index in [1.54, 1.807) is 17.9 Å². The average molecular weight is 388 g/mol. The van der Waals surface area contributed by atoms with Crippen molar-refractivity contribution in [2.24, 2.45) is 7.05 Å². The van der Waals surface area contributed by atoms with Crippen molar-refractivity contribution < 1.29 is 9.59 Å². The number of aromatic nitrogens is 2. The third-order valence-corrected chi connectivity index (χ3v) is 5.49. The molecule has 1 aromatic heterocycles. The van der Waals surface area contributed by atoms with Gasteiger partial charge < -0.3 is 15.5 Å². The second kappa shape index (κ2) is 9.05. The molecule has 0 radical (unpaired) electrons. The molecular formula is C19H25N5O2S. The summed E-state index contributed by atoms with van der Waals surface area (Å²) in [4.78, 5) is 26.8. The Balaban J connectivity index is 1.58. The number of aryl methyl sites for hydroxylation is 1. The number of likely N-dealkylation sites (N-methyl/N-ethyl adjacent to an activating group) is 1. The first-order valence-corrected chi connectivity index (χ1v) is 10.1. The molecule has 2 aromatic rings. The molecule has 0 aliphatic carbocycles. The molecule has 0 saturated carbocycles. The van der Waals surface area contributed by atoms with E-state index >= 15 is 0 Å². The van der Waals surface area contributed by atoms with Crippen molar-refractivity contribution in [1.29, 1.82) is 0 Å². The highest BCUT2D eigenvalue weighted by molar-refractivity contribution is 7.99. The Morgan fingerprint density at radius 2 is 1.93 bits per heavy atom. The maximum atomic E-state index is 12.5. The van der Waals surface area contributed by atoms with Crippen LogP contribution in [0.2, 0.25) is 0 Å². The lowest BCUT2D eigenvalue weighted by atomic mass is 10.1. The van der Waals surface area contributed by atoms with Gasteiger partial charge in [-0.25, -0.2) is 0 Å². The number of hydrogen-bond donors (Lipinski definition) is 2. The quantitative estimate of drug-likeness (QED) is 0.784. The largest absolute Gasteiger partial charge is 0.341 e. The molecule has 1 aromatic carbocycles. The summed E-state index contributed by atoms with van der Waals surface area (Å²) in [6.07, 6.45) is 3.89. The SMILES string of the molecule is CNC(C(=O)Nc1ccc(CC(=O)N2CCSCC2)cc1)c1cnn(C)c1. The maximum absolute atomic E-state index is 12.5. The van der Waals surface area contributed by atoms with Gasteiger partial charge in [-0.3, -0.25) is 14.3 Å². The summed E-state index contributed by atoms with van der Waals surface area (Å²) in [6.45, 7) is 1.66. The molecule has 2 heterocycles. The average Bonchev–Trinajstić information content (AvgIpc) is 3.10. The lowest BCUT2D eigenvalue weighted by molar-refractivity contribution is -0.130. The summed E-state index contributed by atoms with van der Waals surface area (Å²) in [7, 11) is 3.56. The predicted octanol–water partition coefficient (Wildman–Crippen LogP) is 1.44. The van der Waals surface area contributed by atoms with Gasteiger partial charge in [0.15, 0.2) is 0 Å². The van der Waals surface area contributed by atoms with Crippen LogP contribution in [-0.2, 0) is 23.1 Å². The van der Waals surface area contributed by atoms with Crippen LogP contribution in [0, 0.1) is 0 Å². The van der Waals surface area contributed by atoms with E-state index in [4.69, 9.17) is 0 Å². The minimum Gasteiger partial charge on any atom is -0.341 e. The third kappa shape index (κ3) is 5.11. The smallest absolute Gasteiger partial charge is 0.246 e. The second-order valence-corrected chi connectivity index (χ2v) is 7.75. The van der Waals surface area contributed by atoms with Crippen LogP contribution in [0.1, 0.15) is 17.2 Å². The lowest BCUT2D eigenvalue weighted by Gasteiger charge is -2.26. The van der Waals surface area contributed by atoms with Crippen LogP contribution in [0.4, 0.5) is 5.69 Å². The molecule has 8 heteroatoms. The normalized spacial score (nSPS) is 15.4. The second-order valence-electron chi connectivity index (χ2n) is 6.53. The van der Waals surface area contributed by atoms with E-state index in [9.17, 15) is 9.59 Å². The number of nitrogens with one attached hydrogen (secondary N) is 2. The number of rotatable bonds is 6. The third-order valence-electron chi connectivity index (χ3n) is 4.55. The summed E-state index contributed by atoms with van der Waals surface area (Å²) < 4.78 is 1.67. The van der Waals surface area contributed by atoms with Crippen molar-refractivity contribution in [2.75, 3.05) is 37.0 Å². The fourth-order valence-corrected chi connectivity index (χ4v) is 3.96. The van der Waals surface area contributed by atoms with E-state index in [0.717, 1.165) is 35.7 Å². The first-order chi connectivity index (χ1) is 13.1. The summed E-state index contributed by atoms with van der Waals surface area (Å²) in [5.74, 6) is 2.04. The zero-order valence-corrected chi connectivity index (χ0v) is 16.5. The van der Waals surface area contributed by atoms with Crippen LogP contribution in [0.15, 0.2) is 36.7 Å². The zero-order chi connectivity index (χ0) is 19.2. The minimum absolute atomic E-state index is 0.153. The van der Waals surface area contributed by atoms with Gasteiger partial charge in [-0.1, -0.05) is 12.1 Å². The van der Waals surface area contributed by atoms with E-state index < -0.39 is 6.04 Å². The molecule has 1 unspecified atom stereocenters. The monoisotopic (exact) mass is 387 g/mol. The number of amides is 2. The van der Waals surface area contributed by atoms with Crippen LogP contribution >= 0.6 is 11.8 Å². The van der Waals surface area contributed by atoms with Crippen molar-refractivity contribution in [3.05, 3.63) is 47.8 Å². The molecule has 7 nitrogen and oxygen atoms in total. The Hall–Kier alpha value is -2.32. The van der Waals surface area contributed by atoms with Crippen LogP contribution in [0.5, 0.6) is 0 Å². The van der Waals surface area contributed by atoms with Gasteiger partial charge in [0.05, 0.1) is 12.6 Å². The van der Waals surface area contributed by atoms with E-state index in [0.29, 0.717) is 12.1 Å². The molecule has 2 N–H and O–H groups in total. The van der Waals surface area contributed by atoms with Gasteiger partial charge in [-0.05, 0) is 24.7 Å². The molecule has 144 valence electrons. The zero-order valence-electron chi connectivity index (χ0n) is 15.6. The van der Waals surface area contributed by atoms with Crippen molar-refractivity contribution in [3.63, 3.8) is 0 Å². The van der Waals surface area contributed by atoms with Crippen LogP contribution in [0.25, 0.3) is 0 Å². The van der Waals surface area contributed by atoms with E-state index in [-0.39, 0.29) is 11.8 Å². The molecule has 0 bridgehead atoms. The number of hydrogen-bond acceptors (Lipinski definition) is 5. The van der Waals surface area contributed by atoms with Gasteiger partial charge >= 0.3 is 0 Å². The Morgan fingerprint density at radius 1 is 1.22 bits per heavy atom. The Morgan fingerprint density at radius 3 is 2.52 bits per heavy atom. The summed E-state index contributed by atoms with van der Waals surface area (Å²) in [6, 6.07) is 6.98. The first kappa shape index (κ1) is 19.4. The number of benzene rings is 1. The Kier molecular flexibility index (Phi) is 6.52. The summed E-state index contributed by atoms with van der Waals surface area (Å²) in [5.41, 5.74) is 2.46. The molecule has 1 saturated heterocycles. The standard InChI is InChI=1S/C19H25N5O2S/c1-20-18(15-12-21-23(2)13-15)19(26)22-16-5-3-14(4-6-16)11-17(25)24-7-9-27-10-8-24/h3-6,12-13,18,20H,7-11H2,1-2H3,(H,22,26). The van der Waals surface area contributed by atoms with Gasteiger partial charge in [0.25, 0.3) is 0 Å². The van der Waals surface area contributed by atoms with Crippen molar-refractivity contribution >= 4 is 29.3 Å². The van der Waals surface area contributed by atoms with Gasteiger partial charge in [0, 0.05) is 49.1 Å². The number of thioether (sulfide) groups is 1. The van der Waals surface area contributed by atoms with Crippen LogP contribution in [-0.4, -0.2) is 58.1 Å². The van der Waals surface area contributed by atoms with Crippen molar-refractivity contribution in [2.45, 2.75) is 12.5 Å². The maximum Gasteiger partial charge on any atom is 0.246 e. The summed E-state index contributed by atoms with van der Waals surface area (Å²) >= 11 is 1.89. The van der Waals surface area contributed by atoms with E-state index in [1.807, 2.05) is 54.2 Å². The molecule has 2 amide bonds. The highest BCUT2D eigenvalue weighted by atomic mass is 32.2. The molecule has 27 heavy (non-hydrogen) atoms. The van der Waals surface area contributed by atoms with Crippen LogP contribution < -0.4 is 10.6 Å². The Bertz CT molecular complexity index is 784. The van der Waals surface area contributed by atoms with E-state index in [1.165, 1.54) is 0 Å². The molecule has 1 aliphatic heterocycles. The fourth-order valence-electron chi connectivity index (χ4n) is 3.06. The molecule has 0 spiro atoms. The lowest BCUT2D eigenvalue weighted by Crippen LogP contribution is -2.38. The summed E-state index contributed by atoms with van der Waals surface area (Å²) in [5, 5.41) is 10.0. The highest BCUT2D eigenvalue weighted by Crippen LogP contribution is 2.17. The number of anilines is 1. The topological polar surface area (TPSA) is 79.3 Å². The van der Waals surface area contributed by atoms with Gasteiger partial charge in [0.2, 0.25) is 11.8 Å². The molecule has 1 fully saturated rings. The highest BCUT2D eigenvalue weighted by Gasteiger charge is 2.20. The fraction of sp³-hybridized carbons (Fsp3) is 0.421. The van der Waals surface area contributed by atoms with Crippen molar-refractivity contribution in [3.8, 4) is 0 Å². The Labute approximate surface area is 163 Å². The molecular weight excluding hydrogens is 362 g/mol. The molecule has 1 aliphatic rings. The van der Waals surface area contributed by atoms with Gasteiger partial charge in [0.1, 0.15) is 6.04 Å². The van der Waals surface area contributed by atoms with Crippen LogP contribution in [0.3, 0.4) is 0 Å². The molecule has 3 rings (SSSR count). The molecule has 1 atom stereocenters. The number of nitrogens with zero attached hydrogens (tertiary/aromatic N) is 3. The van der Waals surface area contributed by atoms with Crippen molar-refractivity contribution in [1.82, 2.24) is 20.0 Å². The van der Waals surface area contributed by atoms with Gasteiger partial charge in [-0.2, -0.15) is 16.9 Å². The van der Waals surface area contributed by atoms with E-state index in [2.05, 4.69) is 15.7 Å². The predicted molar refractivity (Wildman–Crippen MR) is 108 cm³/mol. The number of carbonyl (C=O) groups excluding carboxylic acids is 2. The first-order valence-electron chi connectivity index (χ1n) is 8.98. The number of carbonyl (C=O) groups is 2. The minimum atomic E-state index is -0.475. The van der Waals surface area contributed by atoms with Gasteiger partial charge in [-0.15, -0.1) is 0 Å².